The lowest BCUT2D eigenvalue weighted by Gasteiger charge is -2.21. The van der Waals surface area contributed by atoms with Crippen LogP contribution >= 0.6 is 0 Å². The van der Waals surface area contributed by atoms with E-state index in [1.165, 1.54) is 0 Å². The van der Waals surface area contributed by atoms with Gasteiger partial charge in [0.15, 0.2) is 18.1 Å². The number of aliphatic hydroxyl groups is 1. The van der Waals surface area contributed by atoms with Gasteiger partial charge in [0, 0.05) is 11.8 Å². The topological polar surface area (TPSA) is 115 Å². The number of aromatic amines is 1. The number of aromatic nitrogens is 2. The highest BCUT2D eigenvalue weighted by molar-refractivity contribution is 5.91. The molecule has 1 aromatic heterocycles. The number of aliphatic hydroxyl groups excluding tert-OH is 1. The standard InChI is InChI=1S/C22H23N5O3/c1-14(27(2)13-20(28)24-15-7-6-8-16(11-15)30-3)21(29)17(12-23)22-25-18-9-4-5-10-19(18)26-22/h4-11,14,29H,13H2,1-3H3,(H,24,28)(H,25,26)/p+1/b21-17-/t14-/m1/s1. The van der Waals surface area contributed by atoms with Gasteiger partial charge in [-0.3, -0.25) is 4.79 Å². The Labute approximate surface area is 174 Å². The molecule has 0 saturated heterocycles. The van der Waals surface area contributed by atoms with Crippen LogP contribution in [0, 0.1) is 11.3 Å². The van der Waals surface area contributed by atoms with Gasteiger partial charge in [-0.1, -0.05) is 18.2 Å². The number of amides is 1. The lowest BCUT2D eigenvalue weighted by Crippen LogP contribution is -3.13. The van der Waals surface area contributed by atoms with Gasteiger partial charge in [0.2, 0.25) is 0 Å². The minimum atomic E-state index is -0.496. The second-order valence-electron chi connectivity index (χ2n) is 7.00. The zero-order valence-corrected chi connectivity index (χ0v) is 17.1. The van der Waals surface area contributed by atoms with E-state index in [4.69, 9.17) is 4.74 Å². The van der Waals surface area contributed by atoms with Gasteiger partial charge in [0.25, 0.3) is 5.91 Å². The van der Waals surface area contributed by atoms with Crippen molar-refractivity contribution in [2.75, 3.05) is 26.0 Å². The highest BCUT2D eigenvalue weighted by Gasteiger charge is 2.25. The van der Waals surface area contributed by atoms with Gasteiger partial charge in [-0.25, -0.2) is 4.98 Å². The van der Waals surface area contributed by atoms with E-state index in [1.54, 1.807) is 45.3 Å². The molecule has 0 radical (unpaired) electrons. The van der Waals surface area contributed by atoms with Crippen LogP contribution in [0.25, 0.3) is 16.6 Å². The highest BCUT2D eigenvalue weighted by atomic mass is 16.5. The molecule has 2 atom stereocenters. The third kappa shape index (κ3) is 4.59. The molecule has 1 amide bonds. The molecule has 3 rings (SSSR count). The Balaban J connectivity index is 1.73. The summed E-state index contributed by atoms with van der Waals surface area (Å²) in [4.78, 5) is 20.6. The third-order valence-corrected chi connectivity index (χ3v) is 4.94. The van der Waals surface area contributed by atoms with E-state index < -0.39 is 6.04 Å². The molecule has 4 N–H and O–H groups in total. The largest absolute Gasteiger partial charge is 0.505 e. The number of nitrogens with zero attached hydrogens (tertiary/aromatic N) is 2. The van der Waals surface area contributed by atoms with E-state index in [1.807, 2.05) is 30.3 Å². The number of anilines is 1. The van der Waals surface area contributed by atoms with Crippen LogP contribution in [0.4, 0.5) is 5.69 Å². The van der Waals surface area contributed by atoms with Crippen molar-refractivity contribution in [2.45, 2.75) is 13.0 Å². The molecule has 2 aromatic carbocycles. The first-order valence-corrected chi connectivity index (χ1v) is 9.47. The van der Waals surface area contributed by atoms with Crippen LogP contribution in [0.5, 0.6) is 5.75 Å². The maximum Gasteiger partial charge on any atom is 0.279 e. The number of carbonyl (C=O) groups excluding carboxylic acids is 1. The van der Waals surface area contributed by atoms with Gasteiger partial charge in [0.1, 0.15) is 23.4 Å². The highest BCUT2D eigenvalue weighted by Crippen LogP contribution is 2.19. The predicted octanol–water partition coefficient (Wildman–Crippen LogP) is 1.91. The van der Waals surface area contributed by atoms with Crippen LogP contribution < -0.4 is 15.0 Å². The predicted molar refractivity (Wildman–Crippen MR) is 114 cm³/mol. The molecule has 154 valence electrons. The van der Waals surface area contributed by atoms with E-state index in [9.17, 15) is 15.2 Å². The summed E-state index contributed by atoms with van der Waals surface area (Å²) in [6.07, 6.45) is 0. The number of fused-ring (bicyclic) bond motifs is 1. The first kappa shape index (κ1) is 20.9. The summed E-state index contributed by atoms with van der Waals surface area (Å²) in [5.74, 6) is 0.606. The fraction of sp³-hybridized carbons (Fsp3) is 0.227. The van der Waals surface area contributed by atoms with E-state index in [-0.39, 0.29) is 23.8 Å². The third-order valence-electron chi connectivity index (χ3n) is 4.94. The molecule has 0 fully saturated rings. The maximum atomic E-state index is 12.4. The van der Waals surface area contributed by atoms with Crippen molar-refractivity contribution in [3.8, 4) is 11.8 Å². The summed E-state index contributed by atoms with van der Waals surface area (Å²) in [5.41, 5.74) is 2.17. The number of allylic oxidation sites excluding steroid dienone is 1. The number of nitrogens with one attached hydrogen (secondary N) is 3. The number of hydrogen-bond donors (Lipinski definition) is 4. The van der Waals surface area contributed by atoms with Gasteiger partial charge in [-0.15, -0.1) is 0 Å². The molecule has 0 aliphatic rings. The van der Waals surface area contributed by atoms with Crippen LogP contribution in [0.1, 0.15) is 12.7 Å². The van der Waals surface area contributed by atoms with Gasteiger partial charge >= 0.3 is 0 Å². The number of likely N-dealkylation sites (N-methyl/N-ethyl adjacent to an activating group) is 1. The number of hydrogen-bond acceptors (Lipinski definition) is 5. The SMILES string of the molecule is COc1cccc(NC(=O)C[NH+](C)[C@H](C)/C(O)=C(\C#N)c2nc3ccccc3[nH]2)c1. The Morgan fingerprint density at radius 3 is 2.80 bits per heavy atom. The zero-order chi connectivity index (χ0) is 21.7. The first-order valence-electron chi connectivity index (χ1n) is 9.47. The molecule has 3 aromatic rings. The number of imidazole rings is 1. The Morgan fingerprint density at radius 1 is 1.33 bits per heavy atom. The minimum Gasteiger partial charge on any atom is -0.505 e. The van der Waals surface area contributed by atoms with Crippen LogP contribution in [-0.4, -0.2) is 47.7 Å². The van der Waals surface area contributed by atoms with Gasteiger partial charge in [-0.05, 0) is 31.2 Å². The van der Waals surface area contributed by atoms with Crippen molar-refractivity contribution in [3.63, 3.8) is 0 Å². The number of para-hydroxylation sites is 2. The zero-order valence-electron chi connectivity index (χ0n) is 17.1. The van der Waals surface area contributed by atoms with E-state index in [2.05, 4.69) is 15.3 Å². The second kappa shape index (κ2) is 9.11. The number of benzene rings is 2. The molecule has 0 spiro atoms. The quantitative estimate of drug-likeness (QED) is 0.353. The van der Waals surface area contributed by atoms with E-state index >= 15 is 0 Å². The molecule has 1 unspecified atom stereocenters. The van der Waals surface area contributed by atoms with Crippen molar-refractivity contribution in [3.05, 3.63) is 60.1 Å². The van der Waals surface area contributed by atoms with Crippen molar-refractivity contribution < 1.29 is 19.5 Å². The average Bonchev–Trinajstić information content (AvgIpc) is 3.17. The Kier molecular flexibility index (Phi) is 6.35. The summed E-state index contributed by atoms with van der Waals surface area (Å²) >= 11 is 0. The summed E-state index contributed by atoms with van der Waals surface area (Å²) < 4.78 is 5.15. The van der Waals surface area contributed by atoms with Crippen LogP contribution in [0.15, 0.2) is 54.3 Å². The molecule has 30 heavy (non-hydrogen) atoms. The second-order valence-corrected chi connectivity index (χ2v) is 7.00. The molecule has 1 heterocycles. The molecular weight excluding hydrogens is 382 g/mol. The molecule has 0 bridgehead atoms. The van der Waals surface area contributed by atoms with Crippen molar-refractivity contribution >= 4 is 28.2 Å². The van der Waals surface area contributed by atoms with Gasteiger partial charge in [0.05, 0.1) is 25.2 Å². The number of ether oxygens (including phenoxy) is 1. The van der Waals surface area contributed by atoms with Crippen LogP contribution in [0.2, 0.25) is 0 Å². The maximum absolute atomic E-state index is 12.4. The van der Waals surface area contributed by atoms with Crippen LogP contribution in [0.3, 0.4) is 0 Å². The Morgan fingerprint density at radius 2 is 2.10 bits per heavy atom. The first-order chi connectivity index (χ1) is 14.4. The molecule has 0 aliphatic heterocycles. The number of quaternary nitrogens is 1. The lowest BCUT2D eigenvalue weighted by atomic mass is 10.1. The Bertz CT molecular complexity index is 1100. The monoisotopic (exact) mass is 406 g/mol. The molecule has 0 aliphatic carbocycles. The lowest BCUT2D eigenvalue weighted by molar-refractivity contribution is -0.891. The van der Waals surface area contributed by atoms with Gasteiger partial charge in [-0.2, -0.15) is 5.26 Å². The van der Waals surface area contributed by atoms with Gasteiger partial charge < -0.3 is 25.0 Å². The summed E-state index contributed by atoms with van der Waals surface area (Å²) in [5, 5.41) is 23.1. The fourth-order valence-corrected chi connectivity index (χ4v) is 3.06. The van der Waals surface area contributed by atoms with E-state index in [0.29, 0.717) is 22.8 Å². The summed E-state index contributed by atoms with van der Waals surface area (Å²) in [6.45, 7) is 1.85. The Hall–Kier alpha value is -3.83. The molecule has 8 nitrogen and oxygen atoms in total. The van der Waals surface area contributed by atoms with Crippen molar-refractivity contribution in [2.24, 2.45) is 0 Å². The molecule has 0 saturated carbocycles. The van der Waals surface area contributed by atoms with Crippen molar-refractivity contribution in [1.29, 1.82) is 5.26 Å². The smallest absolute Gasteiger partial charge is 0.279 e. The summed E-state index contributed by atoms with van der Waals surface area (Å²) in [6, 6.07) is 16.0. The number of H-pyrrole nitrogens is 1. The normalized spacial score (nSPS) is 13.8. The van der Waals surface area contributed by atoms with E-state index in [0.717, 1.165) is 10.4 Å². The molecular formula is C22H24N5O3+. The number of carbonyl (C=O) groups is 1. The minimum absolute atomic E-state index is 0.0613. The fourth-order valence-electron chi connectivity index (χ4n) is 3.06. The summed E-state index contributed by atoms with van der Waals surface area (Å²) in [7, 11) is 3.34. The average molecular weight is 406 g/mol. The van der Waals surface area contributed by atoms with Crippen LogP contribution in [-0.2, 0) is 4.79 Å². The number of methoxy groups -OCH3 is 1. The number of nitriles is 1. The number of rotatable bonds is 7. The van der Waals surface area contributed by atoms with Crippen molar-refractivity contribution in [1.82, 2.24) is 9.97 Å². The molecule has 8 heteroatoms.